The molecule has 4 aromatic rings. The van der Waals surface area contributed by atoms with E-state index in [2.05, 4.69) is 52.1 Å². The van der Waals surface area contributed by atoms with Crippen LogP contribution in [0.1, 0.15) is 29.1 Å². The van der Waals surface area contributed by atoms with Crippen molar-refractivity contribution in [2.75, 3.05) is 6.54 Å². The lowest BCUT2D eigenvalue weighted by Crippen LogP contribution is -2.16. The topological polar surface area (TPSA) is 62.9 Å². The molecule has 0 bridgehead atoms. The molecule has 2 heterocycles. The molecule has 0 saturated heterocycles. The highest BCUT2D eigenvalue weighted by Gasteiger charge is 2.13. The van der Waals surface area contributed by atoms with Crippen LogP contribution >= 0.6 is 0 Å². The van der Waals surface area contributed by atoms with Crippen molar-refractivity contribution in [3.63, 3.8) is 0 Å². The number of nitrogens with one attached hydrogen (secondary N) is 2. The maximum Gasteiger partial charge on any atom is 0.120 e. The maximum absolute atomic E-state index is 7.67. The van der Waals surface area contributed by atoms with Gasteiger partial charge < -0.3 is 20.0 Å². The lowest BCUT2D eigenvalue weighted by atomic mass is 10.1. The molecule has 2 aromatic carbocycles. The van der Waals surface area contributed by atoms with Gasteiger partial charge in [-0.3, -0.25) is 4.98 Å². The van der Waals surface area contributed by atoms with Crippen molar-refractivity contribution >= 4 is 6.21 Å². The molecule has 0 spiro atoms. The van der Waals surface area contributed by atoms with E-state index in [-0.39, 0.29) is 0 Å². The van der Waals surface area contributed by atoms with Crippen LogP contribution in [0.25, 0.3) is 11.1 Å². The fourth-order valence-corrected chi connectivity index (χ4v) is 4.16. The summed E-state index contributed by atoms with van der Waals surface area (Å²) < 4.78 is 8.30. The van der Waals surface area contributed by atoms with Crippen LogP contribution in [0.15, 0.2) is 85.1 Å². The molecular formula is C29H32N4O. The highest BCUT2D eigenvalue weighted by molar-refractivity contribution is 5.69. The molecular weight excluding hydrogens is 420 g/mol. The zero-order valence-electron chi connectivity index (χ0n) is 19.7. The predicted molar refractivity (Wildman–Crippen MR) is 138 cm³/mol. The molecule has 2 N–H and O–H groups in total. The lowest BCUT2D eigenvalue weighted by Gasteiger charge is -2.10. The highest BCUT2D eigenvalue weighted by Crippen LogP contribution is 2.30. The van der Waals surface area contributed by atoms with Crippen LogP contribution in [0.2, 0.25) is 0 Å². The Morgan fingerprint density at radius 2 is 1.85 bits per heavy atom. The summed E-state index contributed by atoms with van der Waals surface area (Å²) in [7, 11) is 0. The molecule has 0 radical (unpaired) electrons. The molecule has 5 nitrogen and oxygen atoms in total. The van der Waals surface area contributed by atoms with Gasteiger partial charge in [0, 0.05) is 35.9 Å². The first kappa shape index (κ1) is 23.5. The Balaban J connectivity index is 1.41. The van der Waals surface area contributed by atoms with Gasteiger partial charge in [0.15, 0.2) is 0 Å². The zero-order valence-corrected chi connectivity index (χ0v) is 19.7. The average molecular weight is 453 g/mol. The van der Waals surface area contributed by atoms with E-state index < -0.39 is 0 Å². The van der Waals surface area contributed by atoms with Crippen molar-refractivity contribution in [3.8, 4) is 16.9 Å². The molecule has 0 saturated carbocycles. The summed E-state index contributed by atoms with van der Waals surface area (Å²) >= 11 is 0. The molecule has 0 aliphatic rings. The number of rotatable bonds is 12. The van der Waals surface area contributed by atoms with Gasteiger partial charge in [-0.15, -0.1) is 0 Å². The van der Waals surface area contributed by atoms with Crippen LogP contribution in [0.5, 0.6) is 5.75 Å². The fourth-order valence-electron chi connectivity index (χ4n) is 4.16. The van der Waals surface area contributed by atoms with Crippen LogP contribution in [0.3, 0.4) is 0 Å². The van der Waals surface area contributed by atoms with Gasteiger partial charge in [-0.25, -0.2) is 0 Å². The fraction of sp³-hybridized carbons (Fsp3) is 0.241. The van der Waals surface area contributed by atoms with E-state index in [9.17, 15) is 0 Å². The smallest absolute Gasteiger partial charge is 0.120 e. The SMILES string of the molecule is Cc1c(-c2cccc(OCc3ccccc3)c2)cc(CCCNCc2ccccn2)n1CC=N. The molecule has 2 aromatic heterocycles. The summed E-state index contributed by atoms with van der Waals surface area (Å²) in [6.45, 7) is 4.98. The van der Waals surface area contributed by atoms with Gasteiger partial charge in [0.2, 0.25) is 0 Å². The number of aryl methyl sites for hydroxylation is 1. The second-order valence-electron chi connectivity index (χ2n) is 8.35. The van der Waals surface area contributed by atoms with Gasteiger partial charge in [-0.2, -0.15) is 0 Å². The Morgan fingerprint density at radius 1 is 1.00 bits per heavy atom. The minimum absolute atomic E-state index is 0.550. The minimum Gasteiger partial charge on any atom is -0.489 e. The Morgan fingerprint density at radius 3 is 2.65 bits per heavy atom. The first-order chi connectivity index (χ1) is 16.7. The van der Waals surface area contributed by atoms with Gasteiger partial charge >= 0.3 is 0 Å². The molecule has 0 aliphatic carbocycles. The number of hydrogen-bond donors (Lipinski definition) is 2. The Bertz CT molecular complexity index is 1190. The van der Waals surface area contributed by atoms with Crippen LogP contribution in [0.4, 0.5) is 0 Å². The number of hydrogen-bond acceptors (Lipinski definition) is 4. The summed E-state index contributed by atoms with van der Waals surface area (Å²) in [5.41, 5.74) is 6.98. The van der Waals surface area contributed by atoms with Crippen LogP contribution < -0.4 is 10.1 Å². The molecule has 5 heteroatoms. The molecule has 0 unspecified atom stereocenters. The van der Waals surface area contributed by atoms with Gasteiger partial charge in [-0.05, 0) is 67.8 Å². The van der Waals surface area contributed by atoms with Crippen LogP contribution in [0, 0.1) is 12.3 Å². The number of aromatic nitrogens is 2. The first-order valence-corrected chi connectivity index (χ1v) is 11.8. The number of ether oxygens (including phenoxy) is 1. The summed E-state index contributed by atoms with van der Waals surface area (Å²) in [5.74, 6) is 0.862. The maximum atomic E-state index is 7.67. The van der Waals surface area contributed by atoms with Gasteiger partial charge in [0.25, 0.3) is 0 Å². The number of nitrogens with zero attached hydrogens (tertiary/aromatic N) is 2. The van der Waals surface area contributed by atoms with Crippen molar-refractivity contribution in [2.45, 2.75) is 39.5 Å². The van der Waals surface area contributed by atoms with Crippen LogP contribution in [-0.4, -0.2) is 22.3 Å². The Hall–Kier alpha value is -3.70. The normalized spacial score (nSPS) is 10.9. The average Bonchev–Trinajstić information content (AvgIpc) is 3.19. The Labute approximate surface area is 202 Å². The summed E-state index contributed by atoms with van der Waals surface area (Å²) in [6.07, 6.45) is 5.27. The van der Waals surface area contributed by atoms with E-state index in [1.165, 1.54) is 23.2 Å². The zero-order chi connectivity index (χ0) is 23.6. The first-order valence-electron chi connectivity index (χ1n) is 11.8. The molecule has 4 rings (SSSR count). The second kappa shape index (κ2) is 12.0. The van der Waals surface area contributed by atoms with Crippen molar-refractivity contribution < 1.29 is 4.74 Å². The van der Waals surface area contributed by atoms with Crippen molar-refractivity contribution in [1.29, 1.82) is 5.41 Å². The largest absolute Gasteiger partial charge is 0.489 e. The molecule has 0 fully saturated rings. The van der Waals surface area contributed by atoms with Gasteiger partial charge in [0.1, 0.15) is 12.4 Å². The van der Waals surface area contributed by atoms with Crippen molar-refractivity contribution in [1.82, 2.24) is 14.9 Å². The van der Waals surface area contributed by atoms with E-state index in [0.29, 0.717) is 13.2 Å². The van der Waals surface area contributed by atoms with E-state index in [1.54, 1.807) is 0 Å². The third-order valence-corrected chi connectivity index (χ3v) is 5.94. The van der Waals surface area contributed by atoms with E-state index >= 15 is 0 Å². The molecule has 174 valence electrons. The monoisotopic (exact) mass is 452 g/mol. The number of pyridine rings is 1. The van der Waals surface area contributed by atoms with Crippen LogP contribution in [-0.2, 0) is 26.1 Å². The molecule has 0 aliphatic heterocycles. The van der Waals surface area contributed by atoms with Gasteiger partial charge in [-0.1, -0.05) is 48.5 Å². The molecule has 34 heavy (non-hydrogen) atoms. The summed E-state index contributed by atoms with van der Waals surface area (Å²) in [4.78, 5) is 4.36. The molecule has 0 atom stereocenters. The lowest BCUT2D eigenvalue weighted by molar-refractivity contribution is 0.306. The Kier molecular flexibility index (Phi) is 8.25. The van der Waals surface area contributed by atoms with Crippen molar-refractivity contribution in [2.24, 2.45) is 0 Å². The third-order valence-electron chi connectivity index (χ3n) is 5.94. The predicted octanol–water partition coefficient (Wildman–Crippen LogP) is 5.81. The minimum atomic E-state index is 0.550. The number of benzene rings is 2. The highest BCUT2D eigenvalue weighted by atomic mass is 16.5. The standard InChI is InChI=1S/C29H32N4O/c1-23-29(25-11-7-14-28(19-25)34-22-24-9-3-2-4-10-24)20-27(33(23)18-15-30)13-8-16-31-21-26-12-5-6-17-32-26/h2-7,9-12,14-15,17,19-20,30-31H,8,13,16,18,21-22H2,1H3. The summed E-state index contributed by atoms with van der Waals surface area (Å²) in [6, 6.07) is 26.8. The second-order valence-corrected chi connectivity index (χ2v) is 8.35. The van der Waals surface area contributed by atoms with E-state index in [0.717, 1.165) is 48.5 Å². The summed E-state index contributed by atoms with van der Waals surface area (Å²) in [5, 5.41) is 11.1. The van der Waals surface area contributed by atoms with Crippen molar-refractivity contribution in [3.05, 3.63) is 108 Å². The quantitative estimate of drug-likeness (QED) is 0.211. The van der Waals surface area contributed by atoms with Gasteiger partial charge in [0.05, 0.1) is 12.2 Å². The van der Waals surface area contributed by atoms with E-state index in [4.69, 9.17) is 10.1 Å². The third kappa shape index (κ3) is 6.21. The van der Waals surface area contributed by atoms with E-state index in [1.807, 2.05) is 54.7 Å². The molecule has 0 amide bonds.